The summed E-state index contributed by atoms with van der Waals surface area (Å²) in [5.41, 5.74) is 9.42. The molecule has 0 aliphatic carbocycles. The Hall–Kier alpha value is -1.66. The predicted molar refractivity (Wildman–Crippen MR) is 79.7 cm³/mol. The van der Waals surface area contributed by atoms with E-state index in [9.17, 15) is 0 Å². The minimum absolute atomic E-state index is 0.763. The molecule has 2 heterocycles. The number of hydrogen-bond acceptors (Lipinski definition) is 6. The van der Waals surface area contributed by atoms with Gasteiger partial charge in [0.25, 0.3) is 0 Å². The monoisotopic (exact) mass is 288 g/mol. The molecule has 2 aromatic heterocycles. The second kappa shape index (κ2) is 4.79. The molecule has 0 atom stereocenters. The number of aromatic nitrogens is 3. The third-order valence-corrected chi connectivity index (χ3v) is 4.74. The first kappa shape index (κ1) is 12.4. The molecule has 6 heteroatoms. The van der Waals surface area contributed by atoms with Crippen molar-refractivity contribution in [2.45, 2.75) is 23.2 Å². The predicted octanol–water partition coefficient (Wildman–Crippen LogP) is 3.44. The van der Waals surface area contributed by atoms with Crippen LogP contribution in [0.2, 0.25) is 0 Å². The van der Waals surface area contributed by atoms with Crippen LogP contribution in [-0.2, 0) is 0 Å². The molecule has 0 unspecified atom stereocenters. The van der Waals surface area contributed by atoms with Crippen molar-refractivity contribution in [3.63, 3.8) is 0 Å². The van der Waals surface area contributed by atoms with Crippen LogP contribution < -0.4 is 5.73 Å². The van der Waals surface area contributed by atoms with Crippen LogP contribution in [0, 0.1) is 13.8 Å². The van der Waals surface area contributed by atoms with Crippen molar-refractivity contribution in [3.05, 3.63) is 35.8 Å². The Balaban J connectivity index is 1.94. The van der Waals surface area contributed by atoms with Crippen molar-refractivity contribution in [1.82, 2.24) is 15.0 Å². The van der Waals surface area contributed by atoms with Gasteiger partial charge in [0.2, 0.25) is 0 Å². The summed E-state index contributed by atoms with van der Waals surface area (Å²) in [5, 5.41) is 0.870. The molecule has 0 bridgehead atoms. The molecule has 0 saturated carbocycles. The minimum Gasteiger partial charge on any atom is -0.399 e. The third kappa shape index (κ3) is 2.54. The zero-order valence-corrected chi connectivity index (χ0v) is 12.2. The van der Waals surface area contributed by atoms with Crippen LogP contribution in [0.3, 0.4) is 0 Å². The van der Waals surface area contributed by atoms with Crippen LogP contribution in [0.1, 0.15) is 11.4 Å². The third-order valence-electron chi connectivity index (χ3n) is 2.75. The number of benzene rings is 1. The van der Waals surface area contributed by atoms with Crippen molar-refractivity contribution in [1.29, 1.82) is 0 Å². The summed E-state index contributed by atoms with van der Waals surface area (Å²) < 4.78 is 2.05. The quantitative estimate of drug-likeness (QED) is 0.732. The second-order valence-electron chi connectivity index (χ2n) is 4.19. The summed E-state index contributed by atoms with van der Waals surface area (Å²) in [6, 6.07) is 5.76. The highest BCUT2D eigenvalue weighted by Gasteiger charge is 2.08. The number of hydrogen-bond donors (Lipinski definition) is 1. The maximum atomic E-state index is 5.77. The summed E-state index contributed by atoms with van der Waals surface area (Å²) in [7, 11) is 0. The molecule has 0 spiro atoms. The number of nitrogens with zero attached hydrogens (tertiary/aromatic N) is 3. The average molecular weight is 288 g/mol. The summed E-state index contributed by atoms with van der Waals surface area (Å²) in [6.07, 6.45) is 1.79. The van der Waals surface area contributed by atoms with Gasteiger partial charge >= 0.3 is 0 Å². The Labute approximate surface area is 119 Å². The average Bonchev–Trinajstić information content (AvgIpc) is 2.75. The van der Waals surface area contributed by atoms with Gasteiger partial charge < -0.3 is 5.73 Å². The molecule has 0 aliphatic rings. The lowest BCUT2D eigenvalue weighted by molar-refractivity contribution is 0.956. The molecule has 19 heavy (non-hydrogen) atoms. The van der Waals surface area contributed by atoms with E-state index >= 15 is 0 Å². The van der Waals surface area contributed by atoms with Crippen molar-refractivity contribution < 1.29 is 0 Å². The summed E-state index contributed by atoms with van der Waals surface area (Å²) >= 11 is 3.16. The Morgan fingerprint density at radius 1 is 1.16 bits per heavy atom. The standard InChI is InChI=1S/C13H12N4S2/c1-7-8(2)16-12(6-15-7)19-13-17-10-4-3-9(14)5-11(10)18-13/h3-6H,14H2,1-2H3. The van der Waals surface area contributed by atoms with Gasteiger partial charge in [-0.3, -0.25) is 4.98 Å². The Morgan fingerprint density at radius 2 is 2.00 bits per heavy atom. The fourth-order valence-corrected chi connectivity index (χ4v) is 3.67. The normalized spacial score (nSPS) is 11.1. The molecule has 0 saturated heterocycles. The maximum absolute atomic E-state index is 5.77. The highest BCUT2D eigenvalue weighted by Crippen LogP contribution is 2.34. The van der Waals surface area contributed by atoms with Crippen molar-refractivity contribution in [2.24, 2.45) is 0 Å². The van der Waals surface area contributed by atoms with Crippen LogP contribution in [0.25, 0.3) is 10.2 Å². The van der Waals surface area contributed by atoms with Gasteiger partial charge in [0, 0.05) is 5.69 Å². The zero-order valence-electron chi connectivity index (χ0n) is 10.5. The summed E-state index contributed by atoms with van der Waals surface area (Å²) in [4.78, 5) is 13.4. The van der Waals surface area contributed by atoms with Crippen molar-refractivity contribution in [3.8, 4) is 0 Å². The van der Waals surface area contributed by atoms with Crippen molar-refractivity contribution in [2.75, 3.05) is 5.73 Å². The fourth-order valence-electron chi connectivity index (χ4n) is 1.62. The molecule has 1 aromatic carbocycles. The van der Waals surface area contributed by atoms with Crippen LogP contribution in [0.4, 0.5) is 5.69 Å². The Kier molecular flexibility index (Phi) is 3.12. The number of thiazole rings is 1. The van der Waals surface area contributed by atoms with E-state index in [4.69, 9.17) is 5.73 Å². The van der Waals surface area contributed by atoms with Gasteiger partial charge in [-0.2, -0.15) is 0 Å². The van der Waals surface area contributed by atoms with E-state index in [0.29, 0.717) is 0 Å². The molecule has 0 fully saturated rings. The first-order valence-electron chi connectivity index (χ1n) is 5.76. The minimum atomic E-state index is 0.763. The molecule has 0 aliphatic heterocycles. The largest absolute Gasteiger partial charge is 0.399 e. The van der Waals surface area contributed by atoms with Crippen molar-refractivity contribution >= 4 is 39.0 Å². The molecular weight excluding hydrogens is 276 g/mol. The maximum Gasteiger partial charge on any atom is 0.157 e. The number of anilines is 1. The van der Waals surface area contributed by atoms with Gasteiger partial charge in [0.15, 0.2) is 4.34 Å². The fraction of sp³-hybridized carbons (Fsp3) is 0.154. The van der Waals surface area contributed by atoms with E-state index in [1.807, 2.05) is 32.0 Å². The first-order chi connectivity index (χ1) is 9.11. The Morgan fingerprint density at radius 3 is 2.79 bits per heavy atom. The first-order valence-corrected chi connectivity index (χ1v) is 7.39. The number of nitrogen functional groups attached to an aromatic ring is 1. The molecular formula is C13H12N4S2. The van der Waals surface area contributed by atoms with E-state index < -0.39 is 0 Å². The van der Waals surface area contributed by atoms with Crippen LogP contribution in [-0.4, -0.2) is 15.0 Å². The van der Waals surface area contributed by atoms with E-state index in [1.165, 1.54) is 11.8 Å². The van der Waals surface area contributed by atoms with Gasteiger partial charge in [-0.1, -0.05) is 0 Å². The van der Waals surface area contributed by atoms with Gasteiger partial charge in [-0.05, 0) is 43.8 Å². The van der Waals surface area contributed by atoms with Gasteiger partial charge in [0.05, 0.1) is 27.8 Å². The number of rotatable bonds is 2. The lowest BCUT2D eigenvalue weighted by atomic mass is 10.3. The molecule has 3 aromatic rings. The van der Waals surface area contributed by atoms with Gasteiger partial charge in [-0.25, -0.2) is 9.97 Å². The number of fused-ring (bicyclic) bond motifs is 1. The molecule has 4 nitrogen and oxygen atoms in total. The molecule has 0 amide bonds. The highest BCUT2D eigenvalue weighted by molar-refractivity contribution is 8.01. The molecule has 0 radical (unpaired) electrons. The highest BCUT2D eigenvalue weighted by atomic mass is 32.2. The summed E-state index contributed by atoms with van der Waals surface area (Å²) in [6.45, 7) is 3.92. The van der Waals surface area contributed by atoms with Crippen LogP contribution in [0.5, 0.6) is 0 Å². The Bertz CT molecular complexity index is 751. The molecule has 3 rings (SSSR count). The summed E-state index contributed by atoms with van der Waals surface area (Å²) in [5.74, 6) is 0. The second-order valence-corrected chi connectivity index (χ2v) is 6.49. The molecule has 2 N–H and O–H groups in total. The lowest BCUT2D eigenvalue weighted by Crippen LogP contribution is -1.92. The number of aryl methyl sites for hydroxylation is 2. The van der Waals surface area contributed by atoms with E-state index in [1.54, 1.807) is 17.5 Å². The number of nitrogens with two attached hydrogens (primary N) is 1. The van der Waals surface area contributed by atoms with E-state index in [0.717, 1.165) is 36.7 Å². The van der Waals surface area contributed by atoms with E-state index in [2.05, 4.69) is 15.0 Å². The van der Waals surface area contributed by atoms with Crippen LogP contribution in [0.15, 0.2) is 33.8 Å². The van der Waals surface area contributed by atoms with Gasteiger partial charge in [0.1, 0.15) is 5.03 Å². The zero-order chi connectivity index (χ0) is 13.4. The topological polar surface area (TPSA) is 64.7 Å². The molecule has 96 valence electrons. The smallest absolute Gasteiger partial charge is 0.157 e. The van der Waals surface area contributed by atoms with Crippen LogP contribution >= 0.6 is 23.1 Å². The van der Waals surface area contributed by atoms with E-state index in [-0.39, 0.29) is 0 Å². The van der Waals surface area contributed by atoms with Gasteiger partial charge in [-0.15, -0.1) is 11.3 Å². The SMILES string of the molecule is Cc1ncc(Sc2nc3ccc(N)cc3s2)nc1C. The lowest BCUT2D eigenvalue weighted by Gasteiger charge is -2.00.